The molecule has 0 unspecified atom stereocenters. The van der Waals surface area contributed by atoms with Crippen molar-refractivity contribution >= 4 is 40.8 Å². The fraction of sp³-hybridized carbons (Fsp3) is 0.500. The highest BCUT2D eigenvalue weighted by Gasteiger charge is 2.37. The van der Waals surface area contributed by atoms with Gasteiger partial charge in [0.15, 0.2) is 5.65 Å². The van der Waals surface area contributed by atoms with Gasteiger partial charge in [0.05, 0.1) is 9.92 Å². The summed E-state index contributed by atoms with van der Waals surface area (Å²) in [5, 5.41) is 0.652. The number of imidazole rings is 1. The number of rotatable bonds is 4. The van der Waals surface area contributed by atoms with Gasteiger partial charge < -0.3 is 9.80 Å². The summed E-state index contributed by atoms with van der Waals surface area (Å²) in [5.41, 5.74) is 1.52. The number of nitrogens with zero attached hydrogens (tertiary/aromatic N) is 6. The Bertz CT molecular complexity index is 1050. The first-order valence-corrected chi connectivity index (χ1v) is 11.8. The SMILES string of the molecule is CN(C)c1nccc(Sc2cnc(N3CCC4(CCCC4)CC3)n3ccnc23)c1Cl. The second kappa shape index (κ2) is 7.93. The van der Waals surface area contributed by atoms with Crippen molar-refractivity contribution in [1.82, 2.24) is 19.4 Å². The van der Waals surface area contributed by atoms with Crippen LogP contribution in [-0.4, -0.2) is 46.5 Å². The predicted octanol–water partition coefficient (Wildman–Crippen LogP) is 5.16. The first kappa shape index (κ1) is 19.9. The standard InChI is InChI=1S/C22H27ClN6S/c1-27(2)20-18(23)16(5-10-24-20)30-17-15-26-21(29-14-11-25-19(17)29)28-12-8-22(9-13-28)6-3-4-7-22/h5,10-11,14-15H,3-4,6-9,12-13H2,1-2H3. The van der Waals surface area contributed by atoms with Crippen LogP contribution in [0.25, 0.3) is 5.65 Å². The number of aromatic nitrogens is 4. The summed E-state index contributed by atoms with van der Waals surface area (Å²) >= 11 is 8.20. The smallest absolute Gasteiger partial charge is 0.211 e. The maximum atomic E-state index is 6.61. The van der Waals surface area contributed by atoms with Gasteiger partial charge in [0.2, 0.25) is 5.95 Å². The van der Waals surface area contributed by atoms with E-state index in [4.69, 9.17) is 16.6 Å². The average Bonchev–Trinajstić information content (AvgIpc) is 3.41. The van der Waals surface area contributed by atoms with Gasteiger partial charge in [0, 0.05) is 56.9 Å². The number of fused-ring (bicyclic) bond motifs is 1. The predicted molar refractivity (Wildman–Crippen MR) is 123 cm³/mol. The van der Waals surface area contributed by atoms with E-state index in [1.54, 1.807) is 18.0 Å². The normalized spacial score (nSPS) is 18.4. The molecule has 2 aliphatic rings. The van der Waals surface area contributed by atoms with Crippen molar-refractivity contribution < 1.29 is 0 Å². The Morgan fingerprint density at radius 2 is 1.77 bits per heavy atom. The van der Waals surface area contributed by atoms with E-state index in [-0.39, 0.29) is 0 Å². The molecule has 0 atom stereocenters. The molecule has 1 aliphatic heterocycles. The molecular formula is C22H27ClN6S. The van der Waals surface area contributed by atoms with Gasteiger partial charge in [-0.15, -0.1) is 0 Å². The number of piperidine rings is 1. The molecule has 8 heteroatoms. The molecule has 0 radical (unpaired) electrons. The van der Waals surface area contributed by atoms with Crippen LogP contribution in [0.3, 0.4) is 0 Å². The monoisotopic (exact) mass is 442 g/mol. The van der Waals surface area contributed by atoms with E-state index in [1.807, 2.05) is 43.7 Å². The van der Waals surface area contributed by atoms with Gasteiger partial charge in [-0.1, -0.05) is 36.2 Å². The Hall–Kier alpha value is -1.99. The largest absolute Gasteiger partial charge is 0.361 e. The topological polar surface area (TPSA) is 49.6 Å². The zero-order valence-electron chi connectivity index (χ0n) is 17.5. The van der Waals surface area contributed by atoms with Crippen LogP contribution in [0.1, 0.15) is 38.5 Å². The summed E-state index contributed by atoms with van der Waals surface area (Å²) in [6.07, 6.45) is 15.8. The molecule has 0 aromatic carbocycles. The summed E-state index contributed by atoms with van der Waals surface area (Å²) in [6.45, 7) is 2.16. The Labute approximate surface area is 186 Å². The van der Waals surface area contributed by atoms with Crippen LogP contribution in [0.15, 0.2) is 40.6 Å². The van der Waals surface area contributed by atoms with E-state index in [0.717, 1.165) is 40.3 Å². The first-order chi connectivity index (χ1) is 14.6. The third-order valence-corrected chi connectivity index (χ3v) is 8.18. The summed E-state index contributed by atoms with van der Waals surface area (Å²) < 4.78 is 2.12. The molecular weight excluding hydrogens is 416 g/mol. The lowest BCUT2D eigenvalue weighted by atomic mass is 9.77. The number of anilines is 2. The number of hydrogen-bond acceptors (Lipinski definition) is 6. The van der Waals surface area contributed by atoms with E-state index in [0.29, 0.717) is 10.4 Å². The zero-order valence-corrected chi connectivity index (χ0v) is 19.1. The van der Waals surface area contributed by atoms with Crippen LogP contribution < -0.4 is 9.80 Å². The molecule has 5 rings (SSSR count). The van der Waals surface area contributed by atoms with Crippen LogP contribution in [0.2, 0.25) is 5.02 Å². The van der Waals surface area contributed by atoms with Crippen molar-refractivity contribution in [3.8, 4) is 0 Å². The van der Waals surface area contributed by atoms with Crippen molar-refractivity contribution in [2.45, 2.75) is 48.3 Å². The number of halogens is 1. The lowest BCUT2D eigenvalue weighted by molar-refractivity contribution is 0.225. The van der Waals surface area contributed by atoms with Crippen molar-refractivity contribution in [1.29, 1.82) is 0 Å². The Morgan fingerprint density at radius 3 is 2.50 bits per heavy atom. The molecule has 1 saturated carbocycles. The zero-order chi connectivity index (χ0) is 20.7. The minimum Gasteiger partial charge on any atom is -0.361 e. The molecule has 158 valence electrons. The highest BCUT2D eigenvalue weighted by Crippen LogP contribution is 2.46. The third kappa shape index (κ3) is 3.52. The highest BCUT2D eigenvalue weighted by molar-refractivity contribution is 7.99. The van der Waals surface area contributed by atoms with Crippen LogP contribution in [0, 0.1) is 5.41 Å². The minimum absolute atomic E-state index is 0.600. The van der Waals surface area contributed by atoms with Gasteiger partial charge >= 0.3 is 0 Å². The number of pyridine rings is 1. The summed E-state index contributed by atoms with van der Waals surface area (Å²) in [4.78, 5) is 20.2. The maximum absolute atomic E-state index is 6.61. The molecule has 0 bridgehead atoms. The molecule has 0 N–H and O–H groups in total. The van der Waals surface area contributed by atoms with E-state index < -0.39 is 0 Å². The second-order valence-corrected chi connectivity index (χ2v) is 10.1. The molecule has 2 fully saturated rings. The molecule has 1 saturated heterocycles. The molecule has 4 heterocycles. The number of hydrogen-bond donors (Lipinski definition) is 0. The molecule has 6 nitrogen and oxygen atoms in total. The van der Waals surface area contributed by atoms with Crippen LogP contribution in [0.4, 0.5) is 11.8 Å². The van der Waals surface area contributed by atoms with Gasteiger partial charge in [-0.3, -0.25) is 4.40 Å². The quantitative estimate of drug-likeness (QED) is 0.556. The lowest BCUT2D eigenvalue weighted by Gasteiger charge is -2.39. The van der Waals surface area contributed by atoms with Gasteiger partial charge in [-0.25, -0.2) is 15.0 Å². The van der Waals surface area contributed by atoms with Gasteiger partial charge in [0.25, 0.3) is 0 Å². The van der Waals surface area contributed by atoms with Crippen molar-refractivity contribution in [2.75, 3.05) is 37.0 Å². The Kier molecular flexibility index (Phi) is 5.27. The van der Waals surface area contributed by atoms with Gasteiger partial charge in [-0.05, 0) is 37.2 Å². The molecule has 1 spiro atoms. The van der Waals surface area contributed by atoms with Crippen LogP contribution >= 0.6 is 23.4 Å². The Morgan fingerprint density at radius 1 is 1.00 bits per heavy atom. The Balaban J connectivity index is 1.42. The van der Waals surface area contributed by atoms with E-state index in [1.165, 1.54) is 38.5 Å². The fourth-order valence-corrected chi connectivity index (χ4v) is 6.21. The molecule has 3 aromatic rings. The highest BCUT2D eigenvalue weighted by atomic mass is 35.5. The van der Waals surface area contributed by atoms with E-state index >= 15 is 0 Å². The summed E-state index contributed by atoms with van der Waals surface area (Å²) in [6, 6.07) is 1.94. The van der Waals surface area contributed by atoms with Crippen molar-refractivity contribution in [3.63, 3.8) is 0 Å². The van der Waals surface area contributed by atoms with Gasteiger partial charge in [0.1, 0.15) is 5.82 Å². The third-order valence-electron chi connectivity index (χ3n) is 6.62. The average molecular weight is 443 g/mol. The molecule has 1 aliphatic carbocycles. The summed E-state index contributed by atoms with van der Waals surface area (Å²) in [7, 11) is 3.89. The fourth-order valence-electron chi connectivity index (χ4n) is 4.92. The van der Waals surface area contributed by atoms with Gasteiger partial charge in [-0.2, -0.15) is 0 Å². The minimum atomic E-state index is 0.600. The lowest BCUT2D eigenvalue weighted by Crippen LogP contribution is -2.40. The first-order valence-electron chi connectivity index (χ1n) is 10.6. The van der Waals surface area contributed by atoms with Crippen LogP contribution in [0.5, 0.6) is 0 Å². The van der Waals surface area contributed by atoms with E-state index in [2.05, 4.69) is 19.3 Å². The van der Waals surface area contributed by atoms with Crippen molar-refractivity contribution in [3.05, 3.63) is 35.9 Å². The second-order valence-electron chi connectivity index (χ2n) is 8.68. The van der Waals surface area contributed by atoms with Crippen molar-refractivity contribution in [2.24, 2.45) is 5.41 Å². The molecule has 0 amide bonds. The molecule has 30 heavy (non-hydrogen) atoms. The molecule has 3 aromatic heterocycles. The summed E-state index contributed by atoms with van der Waals surface area (Å²) in [5.74, 6) is 1.76. The maximum Gasteiger partial charge on any atom is 0.211 e. The van der Waals surface area contributed by atoms with E-state index in [9.17, 15) is 0 Å². The van der Waals surface area contributed by atoms with Crippen LogP contribution in [-0.2, 0) is 0 Å².